The van der Waals surface area contributed by atoms with E-state index in [9.17, 15) is 0 Å². The van der Waals surface area contributed by atoms with Crippen LogP contribution in [-0.4, -0.2) is 0 Å². The lowest BCUT2D eigenvalue weighted by Gasteiger charge is -2.04. The van der Waals surface area contributed by atoms with E-state index in [-0.39, 0.29) is 0 Å². The first kappa shape index (κ1) is 16.5. The normalized spacial score (nSPS) is 9.80. The van der Waals surface area contributed by atoms with Crippen LogP contribution in [-0.2, 0) is 19.3 Å². The van der Waals surface area contributed by atoms with Crippen LogP contribution in [0.4, 0.5) is 0 Å². The molecule has 0 nitrogen and oxygen atoms in total. The van der Waals surface area contributed by atoms with Gasteiger partial charge in [0.25, 0.3) is 0 Å². The molecule has 2 aromatic carbocycles. The van der Waals surface area contributed by atoms with Crippen LogP contribution in [0.1, 0.15) is 49.4 Å². The van der Waals surface area contributed by atoms with Crippen LogP contribution in [0.2, 0.25) is 0 Å². The van der Waals surface area contributed by atoms with Crippen molar-refractivity contribution in [2.45, 2.75) is 53.4 Å². The van der Waals surface area contributed by atoms with Crippen LogP contribution in [0.5, 0.6) is 0 Å². The summed E-state index contributed by atoms with van der Waals surface area (Å²) < 4.78 is 0. The zero-order chi connectivity index (χ0) is 14.8. The maximum absolute atomic E-state index is 2.28. The maximum atomic E-state index is 2.28. The quantitative estimate of drug-likeness (QED) is 0.647. The summed E-state index contributed by atoms with van der Waals surface area (Å²) in [6.45, 7) is 8.36. The van der Waals surface area contributed by atoms with E-state index in [0.717, 1.165) is 12.8 Å². The molecule has 0 amide bonds. The molecule has 0 aliphatic heterocycles. The Morgan fingerprint density at radius 2 is 0.950 bits per heavy atom. The molecule has 0 aromatic heterocycles. The molecule has 0 aliphatic rings. The van der Waals surface area contributed by atoms with Gasteiger partial charge < -0.3 is 0 Å². The second kappa shape index (κ2) is 9.36. The topological polar surface area (TPSA) is 0 Å². The van der Waals surface area contributed by atoms with Crippen molar-refractivity contribution in [1.29, 1.82) is 0 Å². The molecule has 0 N–H and O–H groups in total. The van der Waals surface area contributed by atoms with E-state index < -0.39 is 0 Å². The Morgan fingerprint density at radius 3 is 1.35 bits per heavy atom. The number of rotatable bonds is 5. The molecule has 0 bridgehead atoms. The molecule has 2 rings (SSSR count). The fourth-order valence-electron chi connectivity index (χ4n) is 2.20. The lowest BCUT2D eigenvalue weighted by molar-refractivity contribution is 0.914. The summed E-state index contributed by atoms with van der Waals surface area (Å²) in [6.07, 6.45) is 4.68. The smallest absolute Gasteiger partial charge is 0.0238 e. The highest BCUT2D eigenvalue weighted by Gasteiger charge is 1.97. The average molecular weight is 268 g/mol. The summed E-state index contributed by atoms with van der Waals surface area (Å²) in [4.78, 5) is 0. The Bertz CT molecular complexity index is 462. The first-order chi connectivity index (χ1) is 9.78. The molecule has 108 valence electrons. The van der Waals surface area contributed by atoms with Crippen molar-refractivity contribution in [1.82, 2.24) is 0 Å². The van der Waals surface area contributed by atoms with Crippen molar-refractivity contribution in [3.63, 3.8) is 0 Å². The van der Waals surface area contributed by atoms with Gasteiger partial charge in [0.05, 0.1) is 0 Å². The van der Waals surface area contributed by atoms with Gasteiger partial charge in [-0.15, -0.1) is 0 Å². The summed E-state index contributed by atoms with van der Waals surface area (Å²) in [5, 5.41) is 0. The van der Waals surface area contributed by atoms with Crippen molar-refractivity contribution < 1.29 is 0 Å². The van der Waals surface area contributed by atoms with Gasteiger partial charge in [-0.2, -0.15) is 0 Å². The van der Waals surface area contributed by atoms with Gasteiger partial charge in [0.15, 0.2) is 0 Å². The van der Waals surface area contributed by atoms with Crippen LogP contribution in [0.25, 0.3) is 0 Å². The Kier molecular flexibility index (Phi) is 7.72. The first-order valence-electron chi connectivity index (χ1n) is 7.91. The minimum Gasteiger partial charge on any atom is -0.0683 e. The number of hydrogen-bond donors (Lipinski definition) is 0. The van der Waals surface area contributed by atoms with Crippen LogP contribution in [0.15, 0.2) is 48.5 Å². The van der Waals surface area contributed by atoms with Gasteiger partial charge in [0, 0.05) is 0 Å². The Labute approximate surface area is 124 Å². The fourth-order valence-corrected chi connectivity index (χ4v) is 2.20. The van der Waals surface area contributed by atoms with Gasteiger partial charge >= 0.3 is 0 Å². The molecule has 0 spiro atoms. The van der Waals surface area contributed by atoms with Crippen LogP contribution in [0, 0.1) is 6.92 Å². The summed E-state index contributed by atoms with van der Waals surface area (Å²) in [6, 6.07) is 18.0. The van der Waals surface area contributed by atoms with Gasteiger partial charge in [0.2, 0.25) is 0 Å². The van der Waals surface area contributed by atoms with Gasteiger partial charge in [-0.3, -0.25) is 0 Å². The van der Waals surface area contributed by atoms with Crippen molar-refractivity contribution in [2.24, 2.45) is 0 Å². The number of hydrogen-bond acceptors (Lipinski definition) is 0. The van der Waals surface area contributed by atoms with Crippen molar-refractivity contribution in [2.75, 3.05) is 0 Å². The Hall–Kier alpha value is -1.56. The van der Waals surface area contributed by atoms with Crippen LogP contribution < -0.4 is 0 Å². The maximum Gasteiger partial charge on any atom is -0.0238 e. The minimum atomic E-state index is 1.13. The summed E-state index contributed by atoms with van der Waals surface area (Å²) >= 11 is 0. The van der Waals surface area contributed by atoms with Crippen molar-refractivity contribution in [3.8, 4) is 0 Å². The van der Waals surface area contributed by atoms with E-state index >= 15 is 0 Å². The first-order valence-corrected chi connectivity index (χ1v) is 7.91. The van der Waals surface area contributed by atoms with Crippen LogP contribution in [0.3, 0.4) is 0 Å². The van der Waals surface area contributed by atoms with Gasteiger partial charge in [-0.25, -0.2) is 0 Å². The minimum absolute atomic E-state index is 1.13. The van der Waals surface area contributed by atoms with Gasteiger partial charge in [0.1, 0.15) is 0 Å². The molecule has 0 unspecified atom stereocenters. The molecule has 0 saturated heterocycles. The molecule has 0 heteroatoms. The zero-order valence-corrected chi connectivity index (χ0v) is 13.4. The SMILES string of the molecule is CC.CCCc1ccc(CCc2ccc(C)cc2)cc1. The standard InChI is InChI=1S/C18H22.C2H6/c1-3-4-16-9-11-18(12-10-16)14-13-17-7-5-15(2)6-8-17;1-2/h5-12H,3-4,13-14H2,1-2H3;1-2H3. The van der Waals surface area contributed by atoms with E-state index in [1.165, 1.54) is 35.1 Å². The van der Waals surface area contributed by atoms with Crippen molar-refractivity contribution in [3.05, 3.63) is 70.8 Å². The molecule has 0 fully saturated rings. The highest BCUT2D eigenvalue weighted by molar-refractivity contribution is 5.25. The van der Waals surface area contributed by atoms with E-state index in [0.29, 0.717) is 0 Å². The van der Waals surface area contributed by atoms with Crippen LogP contribution >= 0.6 is 0 Å². The second-order valence-electron chi connectivity index (χ2n) is 5.05. The second-order valence-corrected chi connectivity index (χ2v) is 5.05. The third-order valence-corrected chi connectivity index (χ3v) is 3.38. The predicted molar refractivity (Wildman–Crippen MR) is 90.4 cm³/mol. The molecular weight excluding hydrogens is 240 g/mol. The number of aryl methyl sites for hydroxylation is 4. The number of benzene rings is 2. The van der Waals surface area contributed by atoms with Crippen molar-refractivity contribution >= 4 is 0 Å². The lowest BCUT2D eigenvalue weighted by Crippen LogP contribution is -1.92. The predicted octanol–water partition coefficient (Wildman–Crippen LogP) is 5.76. The average Bonchev–Trinajstić information content (AvgIpc) is 2.50. The Balaban J connectivity index is 0.000000956. The summed E-state index contributed by atoms with van der Waals surface area (Å²) in [5.41, 5.74) is 5.66. The summed E-state index contributed by atoms with van der Waals surface area (Å²) in [7, 11) is 0. The van der Waals surface area contributed by atoms with Gasteiger partial charge in [-0.1, -0.05) is 81.3 Å². The molecular formula is C20H28. The van der Waals surface area contributed by atoms with E-state index in [2.05, 4.69) is 62.4 Å². The lowest BCUT2D eigenvalue weighted by atomic mass is 10.0. The highest BCUT2D eigenvalue weighted by Crippen LogP contribution is 2.11. The third-order valence-electron chi connectivity index (χ3n) is 3.38. The highest BCUT2D eigenvalue weighted by atomic mass is 14.0. The largest absolute Gasteiger partial charge is 0.0683 e. The Morgan fingerprint density at radius 1 is 0.600 bits per heavy atom. The molecule has 2 aromatic rings. The molecule has 20 heavy (non-hydrogen) atoms. The molecule has 0 heterocycles. The monoisotopic (exact) mass is 268 g/mol. The zero-order valence-electron chi connectivity index (χ0n) is 13.4. The molecule has 0 atom stereocenters. The van der Waals surface area contributed by atoms with Gasteiger partial charge in [-0.05, 0) is 42.9 Å². The fraction of sp³-hybridized carbons (Fsp3) is 0.400. The van der Waals surface area contributed by atoms with E-state index in [1.807, 2.05) is 13.8 Å². The molecule has 0 aliphatic carbocycles. The molecule has 0 saturated carbocycles. The summed E-state index contributed by atoms with van der Waals surface area (Å²) in [5.74, 6) is 0. The van der Waals surface area contributed by atoms with E-state index in [1.54, 1.807) is 0 Å². The van der Waals surface area contributed by atoms with E-state index in [4.69, 9.17) is 0 Å². The third kappa shape index (κ3) is 5.61. The molecule has 0 radical (unpaired) electrons.